The molecule has 4 aromatic rings. The number of aromatic nitrogens is 4. The average molecular weight is 485 g/mol. The van der Waals surface area contributed by atoms with Crippen molar-refractivity contribution < 1.29 is 18.7 Å². The Labute approximate surface area is 207 Å². The van der Waals surface area contributed by atoms with Gasteiger partial charge < -0.3 is 19.0 Å². The number of amides is 2. The van der Waals surface area contributed by atoms with E-state index < -0.39 is 0 Å². The molecule has 0 atom stereocenters. The highest BCUT2D eigenvalue weighted by Crippen LogP contribution is 2.25. The van der Waals surface area contributed by atoms with Gasteiger partial charge in [-0.25, -0.2) is 9.78 Å². The van der Waals surface area contributed by atoms with Crippen LogP contribution < -0.4 is 0 Å². The first-order chi connectivity index (χ1) is 17.6. The van der Waals surface area contributed by atoms with Crippen LogP contribution in [-0.2, 0) is 4.74 Å². The minimum absolute atomic E-state index is 0.0794. The largest absolute Gasteiger partial charge is 0.450 e. The van der Waals surface area contributed by atoms with Gasteiger partial charge in [0.25, 0.3) is 11.8 Å². The third kappa shape index (κ3) is 4.92. The van der Waals surface area contributed by atoms with E-state index in [-0.39, 0.29) is 17.9 Å². The van der Waals surface area contributed by atoms with Gasteiger partial charge in [-0.1, -0.05) is 30.3 Å². The Morgan fingerprint density at radius 1 is 0.833 bits per heavy atom. The number of rotatable bonds is 5. The summed E-state index contributed by atoms with van der Waals surface area (Å²) in [5, 5.41) is 8.22. The monoisotopic (exact) mass is 484 g/mol. The molecule has 1 aliphatic rings. The Morgan fingerprint density at radius 2 is 1.50 bits per heavy atom. The van der Waals surface area contributed by atoms with Crippen LogP contribution in [0.5, 0.6) is 0 Å². The summed E-state index contributed by atoms with van der Waals surface area (Å²) < 4.78 is 10.8. The molecule has 2 aromatic heterocycles. The minimum atomic E-state index is -0.339. The third-order valence-electron chi connectivity index (χ3n) is 5.82. The molecular formula is C26H24N6O4. The van der Waals surface area contributed by atoms with Crippen molar-refractivity contribution in [1.82, 2.24) is 30.0 Å². The number of nitrogens with zero attached hydrogens (tertiary/aromatic N) is 6. The zero-order valence-corrected chi connectivity index (χ0v) is 19.7. The van der Waals surface area contributed by atoms with Crippen LogP contribution in [-0.4, -0.2) is 74.8 Å². The fraction of sp³-hybridized carbons (Fsp3) is 0.231. The van der Waals surface area contributed by atoms with Gasteiger partial charge in [0.1, 0.15) is 5.69 Å². The molecule has 2 amide bonds. The van der Waals surface area contributed by atoms with Crippen molar-refractivity contribution in [3.05, 3.63) is 72.6 Å². The van der Waals surface area contributed by atoms with Gasteiger partial charge in [0, 0.05) is 42.9 Å². The normalized spacial score (nSPS) is 13.5. The molecular weight excluding hydrogens is 460 g/mol. The average Bonchev–Trinajstić information content (AvgIpc) is 3.44. The summed E-state index contributed by atoms with van der Waals surface area (Å²) in [6.07, 6.45) is 2.87. The van der Waals surface area contributed by atoms with Gasteiger partial charge in [-0.2, -0.15) is 0 Å². The molecule has 1 aliphatic heterocycles. The van der Waals surface area contributed by atoms with Crippen molar-refractivity contribution in [3.63, 3.8) is 0 Å². The summed E-state index contributed by atoms with van der Waals surface area (Å²) in [4.78, 5) is 37.1. The Kier molecular flexibility index (Phi) is 6.65. The van der Waals surface area contributed by atoms with Crippen molar-refractivity contribution >= 4 is 12.0 Å². The molecule has 182 valence electrons. The highest BCUT2D eigenvalue weighted by molar-refractivity contribution is 5.94. The second-order valence-corrected chi connectivity index (χ2v) is 8.12. The second kappa shape index (κ2) is 10.3. The lowest BCUT2D eigenvalue weighted by Crippen LogP contribution is -2.50. The van der Waals surface area contributed by atoms with Crippen molar-refractivity contribution in [3.8, 4) is 34.3 Å². The number of hydrogen-bond acceptors (Lipinski definition) is 8. The Hall–Kier alpha value is -4.60. The standard InChI is InChI=1S/C26H24N6O4/c1-2-35-26(34)32-14-12-31(13-15-32)25(33)20-10-8-18(9-11-20)21-16-27-17-22(28-21)24-30-29-23(36-24)19-6-4-3-5-7-19/h3-11,16-17H,2,12-15H2,1H3. The molecule has 10 heteroatoms. The molecule has 0 aliphatic carbocycles. The molecule has 0 radical (unpaired) electrons. The fourth-order valence-corrected chi connectivity index (χ4v) is 3.91. The van der Waals surface area contributed by atoms with Gasteiger partial charge in [-0.3, -0.25) is 9.78 Å². The van der Waals surface area contributed by atoms with E-state index in [0.29, 0.717) is 55.6 Å². The summed E-state index contributed by atoms with van der Waals surface area (Å²) in [7, 11) is 0. The van der Waals surface area contributed by atoms with E-state index >= 15 is 0 Å². The van der Waals surface area contributed by atoms with Crippen molar-refractivity contribution in [2.24, 2.45) is 0 Å². The molecule has 0 unspecified atom stereocenters. The number of hydrogen-bond donors (Lipinski definition) is 0. The van der Waals surface area contributed by atoms with Crippen molar-refractivity contribution in [2.45, 2.75) is 6.92 Å². The lowest BCUT2D eigenvalue weighted by molar-refractivity contribution is 0.0570. The molecule has 5 rings (SSSR count). The van der Waals surface area contributed by atoms with E-state index in [1.54, 1.807) is 41.2 Å². The molecule has 0 spiro atoms. The zero-order valence-electron chi connectivity index (χ0n) is 19.7. The van der Waals surface area contributed by atoms with Gasteiger partial charge in [0.05, 0.1) is 24.7 Å². The molecule has 1 saturated heterocycles. The van der Waals surface area contributed by atoms with Gasteiger partial charge >= 0.3 is 6.09 Å². The predicted octanol–water partition coefficient (Wildman–Crippen LogP) is 3.77. The van der Waals surface area contributed by atoms with Crippen LogP contribution in [0.2, 0.25) is 0 Å². The van der Waals surface area contributed by atoms with Gasteiger partial charge in [0.15, 0.2) is 0 Å². The molecule has 0 bridgehead atoms. The van der Waals surface area contributed by atoms with Crippen LogP contribution >= 0.6 is 0 Å². The van der Waals surface area contributed by atoms with Crippen LogP contribution in [0.3, 0.4) is 0 Å². The molecule has 36 heavy (non-hydrogen) atoms. The first-order valence-corrected chi connectivity index (χ1v) is 11.6. The highest BCUT2D eigenvalue weighted by atomic mass is 16.6. The van der Waals surface area contributed by atoms with E-state index in [0.717, 1.165) is 11.1 Å². The second-order valence-electron chi connectivity index (χ2n) is 8.12. The topological polar surface area (TPSA) is 115 Å². The summed E-state index contributed by atoms with van der Waals surface area (Å²) >= 11 is 0. The summed E-state index contributed by atoms with van der Waals surface area (Å²) in [5.41, 5.74) is 3.27. The number of piperazine rings is 1. The number of carbonyl (C=O) groups excluding carboxylic acids is 2. The Morgan fingerprint density at radius 3 is 2.22 bits per heavy atom. The Bertz CT molecular complexity index is 1350. The Balaban J connectivity index is 1.27. The van der Waals surface area contributed by atoms with Crippen LogP contribution in [0.4, 0.5) is 4.79 Å². The maximum absolute atomic E-state index is 12.9. The van der Waals surface area contributed by atoms with Crippen molar-refractivity contribution in [1.29, 1.82) is 0 Å². The lowest BCUT2D eigenvalue weighted by Gasteiger charge is -2.34. The van der Waals surface area contributed by atoms with E-state index in [1.807, 2.05) is 42.5 Å². The van der Waals surface area contributed by atoms with Crippen LogP contribution in [0.25, 0.3) is 34.3 Å². The van der Waals surface area contributed by atoms with Crippen LogP contribution in [0.1, 0.15) is 17.3 Å². The zero-order chi connectivity index (χ0) is 24.9. The number of benzene rings is 2. The summed E-state index contributed by atoms with van der Waals surface area (Å²) in [6, 6.07) is 16.7. The van der Waals surface area contributed by atoms with E-state index in [9.17, 15) is 9.59 Å². The molecule has 0 N–H and O–H groups in total. The minimum Gasteiger partial charge on any atom is -0.450 e. The van der Waals surface area contributed by atoms with E-state index in [1.165, 1.54) is 0 Å². The summed E-state index contributed by atoms with van der Waals surface area (Å²) in [6.45, 7) is 3.93. The maximum Gasteiger partial charge on any atom is 0.409 e. The first kappa shape index (κ1) is 23.2. The van der Waals surface area contributed by atoms with Gasteiger partial charge in [-0.05, 0) is 31.2 Å². The maximum atomic E-state index is 12.9. The highest BCUT2D eigenvalue weighted by Gasteiger charge is 2.25. The fourth-order valence-electron chi connectivity index (χ4n) is 3.91. The SMILES string of the molecule is CCOC(=O)N1CCN(C(=O)c2ccc(-c3cncc(-c4nnc(-c5ccccc5)o4)n3)cc2)CC1. The third-order valence-corrected chi connectivity index (χ3v) is 5.82. The lowest BCUT2D eigenvalue weighted by atomic mass is 10.1. The van der Waals surface area contributed by atoms with Gasteiger partial charge in [-0.15, -0.1) is 10.2 Å². The first-order valence-electron chi connectivity index (χ1n) is 11.6. The van der Waals surface area contributed by atoms with Gasteiger partial charge in [0.2, 0.25) is 5.89 Å². The molecule has 10 nitrogen and oxygen atoms in total. The number of carbonyl (C=O) groups is 2. The number of ether oxygens (including phenoxy) is 1. The predicted molar refractivity (Wildman–Crippen MR) is 131 cm³/mol. The molecule has 2 aromatic carbocycles. The molecule has 1 fully saturated rings. The smallest absolute Gasteiger partial charge is 0.409 e. The van der Waals surface area contributed by atoms with Crippen molar-refractivity contribution in [2.75, 3.05) is 32.8 Å². The molecule has 0 saturated carbocycles. The van der Waals surface area contributed by atoms with Crippen LogP contribution in [0, 0.1) is 0 Å². The summed E-state index contributed by atoms with van der Waals surface area (Å²) in [5.74, 6) is 0.602. The van der Waals surface area contributed by atoms with E-state index in [2.05, 4.69) is 20.2 Å². The molecule has 3 heterocycles. The van der Waals surface area contributed by atoms with E-state index in [4.69, 9.17) is 9.15 Å². The van der Waals surface area contributed by atoms with Crippen LogP contribution in [0.15, 0.2) is 71.4 Å². The quantitative estimate of drug-likeness (QED) is 0.420.